The number of methoxy groups -OCH3 is 1. The second-order valence-electron chi connectivity index (χ2n) is 7.03. The quantitative estimate of drug-likeness (QED) is 0.856. The number of benzene rings is 1. The predicted molar refractivity (Wildman–Crippen MR) is 93.7 cm³/mol. The summed E-state index contributed by atoms with van der Waals surface area (Å²) in [6, 6.07) is 11.2. The molecule has 1 aromatic carbocycles. The molecular weight excluding hydrogens is 318 g/mol. The standard InChI is InChI=1S/C20H23NO4/c1-23-16-5-3-15(4-6-16)17-7-8-18(25-17)19(22)21-11-2-9-20(13-21)10-12-24-14-20/h3-8H,2,9-14H2,1H3. The maximum absolute atomic E-state index is 12.9. The Bertz CT molecular complexity index is 743. The van der Waals surface area contributed by atoms with Gasteiger partial charge in [0.1, 0.15) is 11.5 Å². The number of carbonyl (C=O) groups excluding carboxylic acids is 1. The van der Waals surface area contributed by atoms with Gasteiger partial charge < -0.3 is 18.8 Å². The fourth-order valence-electron chi connectivity index (χ4n) is 3.87. The normalized spacial score (nSPS) is 23.2. The monoisotopic (exact) mass is 341 g/mol. The molecule has 25 heavy (non-hydrogen) atoms. The molecule has 1 atom stereocenters. The average Bonchev–Trinajstić information content (AvgIpc) is 3.31. The van der Waals surface area contributed by atoms with Crippen molar-refractivity contribution in [2.24, 2.45) is 5.41 Å². The van der Waals surface area contributed by atoms with Gasteiger partial charge in [-0.05, 0) is 55.7 Å². The van der Waals surface area contributed by atoms with Crippen molar-refractivity contribution >= 4 is 5.91 Å². The smallest absolute Gasteiger partial charge is 0.289 e. The minimum atomic E-state index is -0.0225. The topological polar surface area (TPSA) is 51.9 Å². The first-order valence-corrected chi connectivity index (χ1v) is 8.80. The van der Waals surface area contributed by atoms with E-state index < -0.39 is 0 Å². The number of rotatable bonds is 3. The number of likely N-dealkylation sites (tertiary alicyclic amines) is 1. The van der Waals surface area contributed by atoms with Crippen LogP contribution in [0.2, 0.25) is 0 Å². The first kappa shape index (κ1) is 16.2. The molecule has 5 heteroatoms. The zero-order valence-corrected chi connectivity index (χ0v) is 14.5. The summed E-state index contributed by atoms with van der Waals surface area (Å²) in [7, 11) is 1.64. The summed E-state index contributed by atoms with van der Waals surface area (Å²) >= 11 is 0. The Labute approximate surface area is 147 Å². The number of piperidine rings is 1. The SMILES string of the molecule is COc1ccc(-c2ccc(C(=O)N3CCCC4(CCOC4)C3)o2)cc1. The molecule has 0 radical (unpaired) electrons. The van der Waals surface area contributed by atoms with Crippen molar-refractivity contribution < 1.29 is 18.7 Å². The van der Waals surface area contributed by atoms with Gasteiger partial charge in [-0.1, -0.05) is 0 Å². The van der Waals surface area contributed by atoms with Crippen molar-refractivity contribution in [3.63, 3.8) is 0 Å². The highest BCUT2D eigenvalue weighted by atomic mass is 16.5. The van der Waals surface area contributed by atoms with Crippen molar-refractivity contribution in [1.29, 1.82) is 0 Å². The van der Waals surface area contributed by atoms with Crippen LogP contribution in [0.25, 0.3) is 11.3 Å². The van der Waals surface area contributed by atoms with Gasteiger partial charge in [-0.3, -0.25) is 4.79 Å². The number of hydrogen-bond donors (Lipinski definition) is 0. The molecule has 0 saturated carbocycles. The van der Waals surface area contributed by atoms with Crippen molar-refractivity contribution in [2.75, 3.05) is 33.4 Å². The van der Waals surface area contributed by atoms with Crippen LogP contribution in [0.5, 0.6) is 5.75 Å². The highest BCUT2D eigenvalue weighted by Gasteiger charge is 2.40. The minimum Gasteiger partial charge on any atom is -0.497 e. The maximum atomic E-state index is 12.9. The van der Waals surface area contributed by atoms with Gasteiger partial charge in [0.25, 0.3) is 5.91 Å². The van der Waals surface area contributed by atoms with Crippen LogP contribution in [0.4, 0.5) is 0 Å². The second kappa shape index (κ2) is 6.56. The van der Waals surface area contributed by atoms with Gasteiger partial charge in [-0.15, -0.1) is 0 Å². The Balaban J connectivity index is 1.50. The van der Waals surface area contributed by atoms with Crippen LogP contribution in [0, 0.1) is 5.41 Å². The second-order valence-corrected chi connectivity index (χ2v) is 7.03. The molecule has 2 saturated heterocycles. The molecule has 2 fully saturated rings. The molecule has 1 unspecified atom stereocenters. The lowest BCUT2D eigenvalue weighted by Gasteiger charge is -2.39. The van der Waals surface area contributed by atoms with Gasteiger partial charge in [-0.2, -0.15) is 0 Å². The molecule has 1 spiro atoms. The lowest BCUT2D eigenvalue weighted by atomic mass is 9.79. The molecule has 2 aliphatic rings. The molecule has 3 heterocycles. The molecule has 1 amide bonds. The number of ether oxygens (including phenoxy) is 2. The Morgan fingerprint density at radius 3 is 2.72 bits per heavy atom. The molecule has 132 valence electrons. The lowest BCUT2D eigenvalue weighted by molar-refractivity contribution is 0.0437. The van der Waals surface area contributed by atoms with E-state index in [0.29, 0.717) is 11.5 Å². The van der Waals surface area contributed by atoms with Crippen LogP contribution in [-0.4, -0.2) is 44.2 Å². The molecular formula is C20H23NO4. The zero-order valence-electron chi connectivity index (χ0n) is 14.5. The van der Waals surface area contributed by atoms with Gasteiger partial charge >= 0.3 is 0 Å². The molecule has 1 aromatic heterocycles. The van der Waals surface area contributed by atoms with Crippen LogP contribution in [0.3, 0.4) is 0 Å². The zero-order chi connectivity index (χ0) is 17.3. The third kappa shape index (κ3) is 3.16. The summed E-state index contributed by atoms with van der Waals surface area (Å²) in [6.45, 7) is 3.14. The Hall–Kier alpha value is -2.27. The van der Waals surface area contributed by atoms with Crippen molar-refractivity contribution in [3.05, 3.63) is 42.2 Å². The van der Waals surface area contributed by atoms with Gasteiger partial charge in [0, 0.05) is 30.7 Å². The van der Waals surface area contributed by atoms with Crippen LogP contribution >= 0.6 is 0 Å². The Morgan fingerprint density at radius 2 is 2.00 bits per heavy atom. The maximum Gasteiger partial charge on any atom is 0.289 e. The van der Waals surface area contributed by atoms with Gasteiger partial charge in [0.15, 0.2) is 5.76 Å². The first-order chi connectivity index (χ1) is 12.2. The number of nitrogens with zero attached hydrogens (tertiary/aromatic N) is 1. The minimum absolute atomic E-state index is 0.0225. The summed E-state index contributed by atoms with van der Waals surface area (Å²) in [5, 5.41) is 0. The van der Waals surface area contributed by atoms with Gasteiger partial charge in [0.2, 0.25) is 0 Å². The van der Waals surface area contributed by atoms with E-state index in [1.807, 2.05) is 35.2 Å². The molecule has 0 bridgehead atoms. The fraction of sp³-hybridized carbons (Fsp3) is 0.450. The van der Waals surface area contributed by atoms with Crippen molar-refractivity contribution in [2.45, 2.75) is 19.3 Å². The van der Waals surface area contributed by atoms with E-state index in [1.54, 1.807) is 13.2 Å². The highest BCUT2D eigenvalue weighted by molar-refractivity contribution is 5.92. The van der Waals surface area contributed by atoms with Crippen LogP contribution < -0.4 is 4.74 Å². The van der Waals surface area contributed by atoms with E-state index in [4.69, 9.17) is 13.9 Å². The largest absolute Gasteiger partial charge is 0.497 e. The third-order valence-electron chi connectivity index (χ3n) is 5.32. The Morgan fingerprint density at radius 1 is 1.16 bits per heavy atom. The van der Waals surface area contributed by atoms with E-state index in [2.05, 4.69) is 0 Å². The fourth-order valence-corrected chi connectivity index (χ4v) is 3.87. The number of furan rings is 1. The Kier molecular flexibility index (Phi) is 4.25. The molecule has 0 N–H and O–H groups in total. The van der Waals surface area contributed by atoms with Crippen LogP contribution in [0.1, 0.15) is 29.8 Å². The number of carbonyl (C=O) groups is 1. The van der Waals surface area contributed by atoms with Crippen molar-refractivity contribution in [3.8, 4) is 17.1 Å². The van der Waals surface area contributed by atoms with E-state index >= 15 is 0 Å². The molecule has 2 aliphatic heterocycles. The summed E-state index contributed by atoms with van der Waals surface area (Å²) < 4.78 is 16.6. The summed E-state index contributed by atoms with van der Waals surface area (Å²) in [5.74, 6) is 1.87. The highest BCUT2D eigenvalue weighted by Crippen LogP contribution is 2.38. The molecule has 4 rings (SSSR count). The molecule has 0 aliphatic carbocycles. The summed E-state index contributed by atoms with van der Waals surface area (Å²) in [4.78, 5) is 14.8. The summed E-state index contributed by atoms with van der Waals surface area (Å²) in [5.41, 5.74) is 1.08. The molecule has 5 nitrogen and oxygen atoms in total. The van der Waals surface area contributed by atoms with Gasteiger partial charge in [0.05, 0.1) is 13.7 Å². The van der Waals surface area contributed by atoms with E-state index in [-0.39, 0.29) is 11.3 Å². The van der Waals surface area contributed by atoms with E-state index in [1.165, 1.54) is 0 Å². The average molecular weight is 341 g/mol. The van der Waals surface area contributed by atoms with E-state index in [0.717, 1.165) is 56.9 Å². The number of amides is 1. The summed E-state index contributed by atoms with van der Waals surface area (Å²) in [6.07, 6.45) is 3.22. The van der Waals surface area contributed by atoms with E-state index in [9.17, 15) is 4.79 Å². The number of hydrogen-bond acceptors (Lipinski definition) is 4. The van der Waals surface area contributed by atoms with Gasteiger partial charge in [-0.25, -0.2) is 0 Å². The molecule has 2 aromatic rings. The van der Waals surface area contributed by atoms with Crippen LogP contribution in [-0.2, 0) is 4.74 Å². The predicted octanol–water partition coefficient (Wildman–Crippen LogP) is 3.60. The van der Waals surface area contributed by atoms with Crippen molar-refractivity contribution in [1.82, 2.24) is 4.90 Å². The third-order valence-corrected chi connectivity index (χ3v) is 5.32. The lowest BCUT2D eigenvalue weighted by Crippen LogP contribution is -2.46. The van der Waals surface area contributed by atoms with Crippen LogP contribution in [0.15, 0.2) is 40.8 Å². The first-order valence-electron chi connectivity index (χ1n) is 8.80.